The largest absolute Gasteiger partial charge is 0.467 e. The standard InChI is InChI=1S/C25H27N3O7S/c1-15-13-20(24(31)26-17-9-11-18(12-10-17)36(4,33)34)16(2)28(15)22-8-6-5-7-19(22)23(30)27-21(14-29)25(32)35-3/h5-13,21,29H,14H2,1-4H3,(H,26,31)(H,27,30). The molecule has 0 aliphatic carbocycles. The van der Waals surface area contributed by atoms with E-state index in [1.165, 1.54) is 24.3 Å². The average molecular weight is 514 g/mol. The van der Waals surface area contributed by atoms with Crippen LogP contribution in [0, 0.1) is 13.8 Å². The van der Waals surface area contributed by atoms with Crippen LogP contribution in [0.25, 0.3) is 5.69 Å². The molecule has 3 N–H and O–H groups in total. The number of benzene rings is 2. The molecule has 0 aliphatic rings. The summed E-state index contributed by atoms with van der Waals surface area (Å²) in [5.41, 5.74) is 2.72. The monoisotopic (exact) mass is 513 g/mol. The number of carbonyl (C=O) groups is 3. The summed E-state index contributed by atoms with van der Waals surface area (Å²) in [5, 5.41) is 14.7. The average Bonchev–Trinajstić information content (AvgIpc) is 3.15. The highest BCUT2D eigenvalue weighted by atomic mass is 32.2. The van der Waals surface area contributed by atoms with Gasteiger partial charge in [0, 0.05) is 23.3 Å². The molecule has 0 fully saturated rings. The van der Waals surface area contributed by atoms with E-state index in [9.17, 15) is 27.9 Å². The van der Waals surface area contributed by atoms with Gasteiger partial charge in [0.1, 0.15) is 0 Å². The molecule has 0 aliphatic heterocycles. The van der Waals surface area contributed by atoms with Crippen LogP contribution < -0.4 is 10.6 Å². The second-order valence-corrected chi connectivity index (χ2v) is 10.1. The summed E-state index contributed by atoms with van der Waals surface area (Å²) in [5.74, 6) is -1.78. The van der Waals surface area contributed by atoms with Crippen molar-refractivity contribution in [2.45, 2.75) is 24.8 Å². The summed E-state index contributed by atoms with van der Waals surface area (Å²) in [6.45, 7) is 2.89. The predicted octanol–water partition coefficient (Wildman–Crippen LogP) is 2.01. The van der Waals surface area contributed by atoms with E-state index in [-0.39, 0.29) is 10.5 Å². The number of carbonyl (C=O) groups excluding carboxylic acids is 3. The van der Waals surface area contributed by atoms with Crippen molar-refractivity contribution in [2.75, 3.05) is 25.3 Å². The molecule has 0 spiro atoms. The van der Waals surface area contributed by atoms with Gasteiger partial charge in [-0.2, -0.15) is 0 Å². The van der Waals surface area contributed by atoms with Gasteiger partial charge in [0.25, 0.3) is 11.8 Å². The van der Waals surface area contributed by atoms with Crippen molar-refractivity contribution in [1.82, 2.24) is 9.88 Å². The van der Waals surface area contributed by atoms with Gasteiger partial charge in [-0.25, -0.2) is 13.2 Å². The number of para-hydroxylation sites is 1. The van der Waals surface area contributed by atoms with Gasteiger partial charge in [-0.1, -0.05) is 12.1 Å². The number of hydrogen-bond acceptors (Lipinski definition) is 7. The summed E-state index contributed by atoms with van der Waals surface area (Å²) in [6, 6.07) is 13.0. The molecule has 1 atom stereocenters. The highest BCUT2D eigenvalue weighted by molar-refractivity contribution is 7.90. The van der Waals surface area contributed by atoms with Gasteiger partial charge in [0.05, 0.1) is 35.4 Å². The van der Waals surface area contributed by atoms with Gasteiger partial charge in [0.15, 0.2) is 15.9 Å². The number of nitrogens with one attached hydrogen (secondary N) is 2. The van der Waals surface area contributed by atoms with Gasteiger partial charge in [-0.3, -0.25) is 9.59 Å². The quantitative estimate of drug-likeness (QED) is 0.391. The van der Waals surface area contributed by atoms with Gasteiger partial charge in [-0.05, 0) is 56.3 Å². The zero-order valence-electron chi connectivity index (χ0n) is 20.2. The normalized spacial score (nSPS) is 12.0. The van der Waals surface area contributed by atoms with Crippen LogP contribution in [-0.4, -0.2) is 61.9 Å². The molecule has 3 aromatic rings. The van der Waals surface area contributed by atoms with Crippen LogP contribution >= 0.6 is 0 Å². The molecule has 36 heavy (non-hydrogen) atoms. The SMILES string of the molecule is COC(=O)C(CO)NC(=O)c1ccccc1-n1c(C)cc(C(=O)Nc2ccc(S(C)(=O)=O)cc2)c1C. The molecule has 0 saturated carbocycles. The fraction of sp³-hybridized carbons (Fsp3) is 0.240. The zero-order valence-corrected chi connectivity index (χ0v) is 21.0. The van der Waals surface area contributed by atoms with Crippen LogP contribution in [0.15, 0.2) is 59.5 Å². The number of aryl methyl sites for hydroxylation is 1. The fourth-order valence-corrected chi connectivity index (χ4v) is 4.40. The lowest BCUT2D eigenvalue weighted by Crippen LogP contribution is -2.44. The molecule has 190 valence electrons. The smallest absolute Gasteiger partial charge is 0.330 e. The zero-order chi connectivity index (χ0) is 26.6. The summed E-state index contributed by atoms with van der Waals surface area (Å²) in [4.78, 5) is 37.9. The Balaban J connectivity index is 1.92. The maximum atomic E-state index is 13.0. The number of esters is 1. The van der Waals surface area contributed by atoms with E-state index in [1.54, 1.807) is 48.7 Å². The van der Waals surface area contributed by atoms with Gasteiger partial charge < -0.3 is 25.0 Å². The second kappa shape index (κ2) is 10.8. The van der Waals surface area contributed by atoms with Crippen molar-refractivity contribution in [1.29, 1.82) is 0 Å². The Bertz CT molecular complexity index is 1410. The highest BCUT2D eigenvalue weighted by Crippen LogP contribution is 2.25. The molecule has 2 aromatic carbocycles. The lowest BCUT2D eigenvalue weighted by Gasteiger charge is -2.17. The Morgan fingerprint density at radius 2 is 1.64 bits per heavy atom. The third kappa shape index (κ3) is 5.64. The van der Waals surface area contributed by atoms with Crippen molar-refractivity contribution in [2.24, 2.45) is 0 Å². The van der Waals surface area contributed by atoms with Crippen molar-refractivity contribution in [3.8, 4) is 5.69 Å². The van der Waals surface area contributed by atoms with Crippen molar-refractivity contribution in [3.05, 3.63) is 77.1 Å². The minimum absolute atomic E-state index is 0.143. The number of ether oxygens (including phenoxy) is 1. The molecular formula is C25H27N3O7S. The van der Waals surface area contributed by atoms with E-state index in [0.717, 1.165) is 13.4 Å². The van der Waals surface area contributed by atoms with E-state index in [2.05, 4.69) is 15.4 Å². The maximum absolute atomic E-state index is 13.0. The first-order valence-corrected chi connectivity index (χ1v) is 12.8. The van der Waals surface area contributed by atoms with Crippen LogP contribution in [0.5, 0.6) is 0 Å². The summed E-state index contributed by atoms with van der Waals surface area (Å²) in [7, 11) is -2.20. The molecule has 1 unspecified atom stereocenters. The molecule has 0 radical (unpaired) electrons. The molecule has 2 amide bonds. The van der Waals surface area contributed by atoms with Crippen LogP contribution in [-0.2, 0) is 19.4 Å². The first-order valence-electron chi connectivity index (χ1n) is 10.9. The number of sulfone groups is 1. The van der Waals surface area contributed by atoms with Crippen molar-refractivity contribution >= 4 is 33.3 Å². The van der Waals surface area contributed by atoms with E-state index in [4.69, 9.17) is 0 Å². The summed E-state index contributed by atoms with van der Waals surface area (Å²) >= 11 is 0. The Morgan fingerprint density at radius 3 is 2.22 bits per heavy atom. The molecule has 0 bridgehead atoms. The first kappa shape index (κ1) is 26.6. The highest BCUT2D eigenvalue weighted by Gasteiger charge is 2.24. The summed E-state index contributed by atoms with van der Waals surface area (Å²) < 4.78 is 29.6. The number of amides is 2. The van der Waals surface area contributed by atoms with E-state index in [0.29, 0.717) is 28.3 Å². The number of aromatic nitrogens is 1. The predicted molar refractivity (Wildman–Crippen MR) is 133 cm³/mol. The Labute approximate surface area is 208 Å². The molecule has 10 nitrogen and oxygen atoms in total. The van der Waals surface area contributed by atoms with Gasteiger partial charge in [0.2, 0.25) is 0 Å². The summed E-state index contributed by atoms with van der Waals surface area (Å²) in [6.07, 6.45) is 1.10. The molecule has 1 aromatic heterocycles. The Hall–Kier alpha value is -3.96. The second-order valence-electron chi connectivity index (χ2n) is 8.12. The van der Waals surface area contributed by atoms with Crippen molar-refractivity contribution in [3.63, 3.8) is 0 Å². The van der Waals surface area contributed by atoms with E-state index < -0.39 is 40.3 Å². The van der Waals surface area contributed by atoms with Crippen molar-refractivity contribution < 1.29 is 32.6 Å². The first-order chi connectivity index (χ1) is 17.0. The van der Waals surface area contributed by atoms with Gasteiger partial charge >= 0.3 is 5.97 Å². The number of anilines is 1. The van der Waals surface area contributed by atoms with Crippen LogP contribution in [0.4, 0.5) is 5.69 Å². The van der Waals surface area contributed by atoms with Crippen LogP contribution in [0.2, 0.25) is 0 Å². The molecular weight excluding hydrogens is 486 g/mol. The number of nitrogens with zero attached hydrogens (tertiary/aromatic N) is 1. The lowest BCUT2D eigenvalue weighted by molar-refractivity contribution is -0.143. The topological polar surface area (TPSA) is 144 Å². The number of methoxy groups -OCH3 is 1. The molecule has 1 heterocycles. The fourth-order valence-electron chi connectivity index (χ4n) is 3.77. The third-order valence-corrected chi connectivity index (χ3v) is 6.71. The van der Waals surface area contributed by atoms with Gasteiger partial charge in [-0.15, -0.1) is 0 Å². The maximum Gasteiger partial charge on any atom is 0.330 e. The molecule has 3 rings (SSSR count). The minimum atomic E-state index is -3.36. The number of aliphatic hydroxyl groups excluding tert-OH is 1. The molecule has 0 saturated heterocycles. The third-order valence-electron chi connectivity index (χ3n) is 5.58. The number of hydrogen-bond donors (Lipinski definition) is 3. The van der Waals surface area contributed by atoms with E-state index in [1.807, 2.05) is 0 Å². The minimum Gasteiger partial charge on any atom is -0.467 e. The van der Waals surface area contributed by atoms with E-state index >= 15 is 0 Å². The van der Waals surface area contributed by atoms with Crippen LogP contribution in [0.1, 0.15) is 32.1 Å². The van der Waals surface area contributed by atoms with Crippen LogP contribution in [0.3, 0.4) is 0 Å². The lowest BCUT2D eigenvalue weighted by atomic mass is 10.1. The number of rotatable bonds is 8. The molecule has 11 heteroatoms. The Kier molecular flexibility index (Phi) is 7.96. The Morgan fingerprint density at radius 1 is 1.00 bits per heavy atom. The number of aliphatic hydroxyl groups is 1.